The first kappa shape index (κ1) is 20.4. The van der Waals surface area contributed by atoms with Crippen LogP contribution in [0, 0.1) is 12.7 Å². The molecule has 4 nitrogen and oxygen atoms in total. The second-order valence-corrected chi connectivity index (χ2v) is 7.76. The fourth-order valence-electron chi connectivity index (χ4n) is 2.80. The lowest BCUT2D eigenvalue weighted by Gasteiger charge is -2.06. The lowest BCUT2D eigenvalue weighted by atomic mass is 10.2. The summed E-state index contributed by atoms with van der Waals surface area (Å²) in [6.07, 6.45) is 0. The minimum atomic E-state index is -0.242. The number of rotatable bonds is 8. The minimum Gasteiger partial charge on any atom is -0.351 e. The number of aryl methyl sites for hydroxylation is 1. The SMILES string of the molecule is Cc1nn(Cc2ccccc2)c(Cl)c1C(=O)NCCSCc1ccccc1F. The summed E-state index contributed by atoms with van der Waals surface area (Å²) in [6.45, 7) is 2.75. The third kappa shape index (κ3) is 5.14. The second kappa shape index (κ2) is 9.75. The molecule has 0 saturated carbocycles. The van der Waals surface area contributed by atoms with Gasteiger partial charge in [-0.3, -0.25) is 4.79 Å². The number of aromatic nitrogens is 2. The maximum atomic E-state index is 13.6. The van der Waals surface area contributed by atoms with Crippen molar-refractivity contribution >= 4 is 29.3 Å². The molecule has 1 heterocycles. The molecular formula is C21H21ClFN3OS. The van der Waals surface area contributed by atoms with Crippen molar-refractivity contribution in [1.29, 1.82) is 0 Å². The summed E-state index contributed by atoms with van der Waals surface area (Å²) >= 11 is 7.97. The normalized spacial score (nSPS) is 10.8. The first-order valence-corrected chi connectivity index (χ1v) is 10.5. The number of hydrogen-bond donors (Lipinski definition) is 1. The van der Waals surface area contributed by atoms with Crippen molar-refractivity contribution in [2.75, 3.05) is 12.3 Å². The molecule has 0 aliphatic carbocycles. The number of halogens is 2. The van der Waals surface area contributed by atoms with Crippen LogP contribution in [0.25, 0.3) is 0 Å². The van der Waals surface area contributed by atoms with Crippen molar-refractivity contribution in [1.82, 2.24) is 15.1 Å². The molecule has 2 aromatic carbocycles. The quantitative estimate of drug-likeness (QED) is 0.540. The number of thioether (sulfide) groups is 1. The van der Waals surface area contributed by atoms with E-state index >= 15 is 0 Å². The molecule has 0 aliphatic rings. The molecule has 0 spiro atoms. The van der Waals surface area contributed by atoms with E-state index in [1.165, 1.54) is 6.07 Å². The summed E-state index contributed by atoms with van der Waals surface area (Å²) in [7, 11) is 0. The van der Waals surface area contributed by atoms with Crippen LogP contribution in [-0.2, 0) is 12.3 Å². The molecule has 146 valence electrons. The average molecular weight is 418 g/mol. The van der Waals surface area contributed by atoms with Crippen molar-refractivity contribution in [3.05, 3.63) is 88.0 Å². The molecule has 3 rings (SSSR count). The van der Waals surface area contributed by atoms with E-state index in [0.717, 1.165) is 5.56 Å². The smallest absolute Gasteiger partial charge is 0.256 e. The van der Waals surface area contributed by atoms with Gasteiger partial charge in [0.2, 0.25) is 0 Å². The molecule has 3 aromatic rings. The van der Waals surface area contributed by atoms with Crippen molar-refractivity contribution in [2.24, 2.45) is 0 Å². The van der Waals surface area contributed by atoms with Gasteiger partial charge in [-0.1, -0.05) is 60.1 Å². The number of hydrogen-bond acceptors (Lipinski definition) is 3. The lowest BCUT2D eigenvalue weighted by Crippen LogP contribution is -2.26. The molecule has 1 N–H and O–H groups in total. The number of nitrogens with one attached hydrogen (secondary N) is 1. The summed E-state index contributed by atoms with van der Waals surface area (Å²) in [5, 5.41) is 7.60. The fraction of sp³-hybridized carbons (Fsp3) is 0.238. The van der Waals surface area contributed by atoms with E-state index in [-0.39, 0.29) is 11.7 Å². The number of benzene rings is 2. The Balaban J connectivity index is 1.52. The topological polar surface area (TPSA) is 46.9 Å². The highest BCUT2D eigenvalue weighted by molar-refractivity contribution is 7.98. The molecule has 7 heteroatoms. The lowest BCUT2D eigenvalue weighted by molar-refractivity contribution is 0.0955. The maximum Gasteiger partial charge on any atom is 0.256 e. The zero-order valence-electron chi connectivity index (χ0n) is 15.5. The Morgan fingerprint density at radius 1 is 1.18 bits per heavy atom. The Kier molecular flexibility index (Phi) is 7.12. The largest absolute Gasteiger partial charge is 0.351 e. The molecule has 0 bridgehead atoms. The van der Waals surface area contributed by atoms with E-state index in [2.05, 4.69) is 10.4 Å². The van der Waals surface area contributed by atoms with Crippen LogP contribution in [0.2, 0.25) is 5.15 Å². The van der Waals surface area contributed by atoms with Gasteiger partial charge in [0.25, 0.3) is 5.91 Å². The molecule has 1 amide bonds. The van der Waals surface area contributed by atoms with E-state index in [9.17, 15) is 9.18 Å². The van der Waals surface area contributed by atoms with Gasteiger partial charge >= 0.3 is 0 Å². The Morgan fingerprint density at radius 3 is 2.64 bits per heavy atom. The van der Waals surface area contributed by atoms with Crippen LogP contribution in [0.5, 0.6) is 0 Å². The molecular weight excluding hydrogens is 397 g/mol. The monoisotopic (exact) mass is 417 g/mol. The maximum absolute atomic E-state index is 13.6. The molecule has 28 heavy (non-hydrogen) atoms. The molecule has 1 aromatic heterocycles. The Bertz CT molecular complexity index is 946. The van der Waals surface area contributed by atoms with E-state index in [1.807, 2.05) is 36.4 Å². The molecule has 0 atom stereocenters. The van der Waals surface area contributed by atoms with Gasteiger partial charge in [0, 0.05) is 18.1 Å². The predicted molar refractivity (Wildman–Crippen MR) is 112 cm³/mol. The molecule has 0 aliphatic heterocycles. The fourth-order valence-corrected chi connectivity index (χ4v) is 3.96. The molecule has 0 unspecified atom stereocenters. The number of carbonyl (C=O) groups excluding carboxylic acids is 1. The molecule has 0 saturated heterocycles. The summed E-state index contributed by atoms with van der Waals surface area (Å²) in [6, 6.07) is 16.5. The highest BCUT2D eigenvalue weighted by Crippen LogP contribution is 2.21. The zero-order valence-corrected chi connectivity index (χ0v) is 17.1. The van der Waals surface area contributed by atoms with Crippen LogP contribution in [-0.4, -0.2) is 28.0 Å². The van der Waals surface area contributed by atoms with Gasteiger partial charge in [-0.15, -0.1) is 0 Å². The van der Waals surface area contributed by atoms with Gasteiger partial charge in [0.05, 0.1) is 17.8 Å². The van der Waals surface area contributed by atoms with Crippen LogP contribution >= 0.6 is 23.4 Å². The predicted octanol–water partition coefficient (Wildman–Crippen LogP) is 4.70. The molecule has 0 fully saturated rings. The van der Waals surface area contributed by atoms with Crippen LogP contribution < -0.4 is 5.32 Å². The van der Waals surface area contributed by atoms with Gasteiger partial charge < -0.3 is 5.32 Å². The third-order valence-corrected chi connectivity index (χ3v) is 5.61. The van der Waals surface area contributed by atoms with Gasteiger partial charge in [-0.05, 0) is 24.1 Å². The summed E-state index contributed by atoms with van der Waals surface area (Å²) in [5.41, 5.74) is 2.72. The van der Waals surface area contributed by atoms with E-state index < -0.39 is 0 Å². The van der Waals surface area contributed by atoms with Crippen molar-refractivity contribution in [3.63, 3.8) is 0 Å². The first-order valence-electron chi connectivity index (χ1n) is 8.92. The minimum absolute atomic E-state index is 0.202. The Labute approximate surface area is 173 Å². The Morgan fingerprint density at radius 2 is 1.89 bits per heavy atom. The van der Waals surface area contributed by atoms with Crippen LogP contribution in [0.1, 0.15) is 27.2 Å². The number of nitrogens with zero attached hydrogens (tertiary/aromatic N) is 2. The van der Waals surface area contributed by atoms with Gasteiger partial charge in [-0.25, -0.2) is 9.07 Å². The number of carbonyl (C=O) groups is 1. The van der Waals surface area contributed by atoms with E-state index in [4.69, 9.17) is 11.6 Å². The van der Waals surface area contributed by atoms with E-state index in [0.29, 0.717) is 46.6 Å². The van der Waals surface area contributed by atoms with Gasteiger partial charge in [0.15, 0.2) is 0 Å². The van der Waals surface area contributed by atoms with Crippen LogP contribution in [0.3, 0.4) is 0 Å². The van der Waals surface area contributed by atoms with E-state index in [1.54, 1.807) is 35.5 Å². The molecule has 0 radical (unpaired) electrons. The first-order chi connectivity index (χ1) is 13.6. The third-order valence-electron chi connectivity index (χ3n) is 4.22. The van der Waals surface area contributed by atoms with Crippen molar-refractivity contribution in [3.8, 4) is 0 Å². The highest BCUT2D eigenvalue weighted by Gasteiger charge is 2.20. The van der Waals surface area contributed by atoms with Gasteiger partial charge in [-0.2, -0.15) is 16.9 Å². The highest BCUT2D eigenvalue weighted by atomic mass is 35.5. The standard InChI is InChI=1S/C21H21ClFN3OS/c1-15-19(20(22)26(25-15)13-16-7-3-2-4-8-16)21(27)24-11-12-28-14-17-9-5-6-10-18(17)23/h2-10H,11-14H2,1H3,(H,24,27). The summed E-state index contributed by atoms with van der Waals surface area (Å²) in [4.78, 5) is 12.5. The van der Waals surface area contributed by atoms with Crippen LogP contribution in [0.15, 0.2) is 54.6 Å². The Hall–Kier alpha value is -2.31. The van der Waals surface area contributed by atoms with Crippen LogP contribution in [0.4, 0.5) is 4.39 Å². The second-order valence-electron chi connectivity index (χ2n) is 6.29. The average Bonchev–Trinajstić information content (AvgIpc) is 2.97. The van der Waals surface area contributed by atoms with Crippen molar-refractivity contribution in [2.45, 2.75) is 19.2 Å². The summed E-state index contributed by atoms with van der Waals surface area (Å²) in [5.74, 6) is 0.798. The van der Waals surface area contributed by atoms with Gasteiger partial charge in [0.1, 0.15) is 11.0 Å². The summed E-state index contributed by atoms with van der Waals surface area (Å²) < 4.78 is 15.2. The number of amides is 1. The zero-order chi connectivity index (χ0) is 19.9. The van der Waals surface area contributed by atoms with Crippen molar-refractivity contribution < 1.29 is 9.18 Å².